The first-order valence-electron chi connectivity index (χ1n) is 9.39. The molecule has 7 nitrogen and oxygen atoms in total. The Morgan fingerprint density at radius 2 is 1.40 bits per heavy atom. The maximum atomic E-state index is 9.34. The zero-order valence-electron chi connectivity index (χ0n) is 16.2. The summed E-state index contributed by atoms with van der Waals surface area (Å²) in [6.45, 7) is 9.53. The van der Waals surface area contributed by atoms with Crippen LogP contribution in [0.25, 0.3) is 0 Å². The summed E-state index contributed by atoms with van der Waals surface area (Å²) in [5.41, 5.74) is 0. The van der Waals surface area contributed by atoms with Crippen LogP contribution in [0.4, 0.5) is 0 Å². The van der Waals surface area contributed by atoms with Crippen LogP contribution >= 0.6 is 0 Å². The van der Waals surface area contributed by atoms with Crippen LogP contribution in [0.3, 0.4) is 0 Å². The maximum Gasteiger partial charge on any atom is 0.104 e. The van der Waals surface area contributed by atoms with Crippen molar-refractivity contribution in [3.05, 3.63) is 0 Å². The van der Waals surface area contributed by atoms with Crippen LogP contribution in [0, 0.1) is 0 Å². The van der Waals surface area contributed by atoms with E-state index in [-0.39, 0.29) is 25.4 Å². The van der Waals surface area contributed by atoms with E-state index in [0.29, 0.717) is 52.7 Å². The molecule has 3 atom stereocenters. The molecule has 0 amide bonds. The Balaban J connectivity index is 4.15. The molecule has 0 fully saturated rings. The Morgan fingerprint density at radius 1 is 0.760 bits per heavy atom. The van der Waals surface area contributed by atoms with Crippen molar-refractivity contribution in [3.63, 3.8) is 0 Å². The van der Waals surface area contributed by atoms with Crippen LogP contribution < -0.4 is 0 Å². The van der Waals surface area contributed by atoms with Gasteiger partial charge in [0.15, 0.2) is 0 Å². The molecule has 0 radical (unpaired) electrons. The minimum atomic E-state index is -0.519. The van der Waals surface area contributed by atoms with Crippen LogP contribution in [-0.2, 0) is 23.7 Å². The standard InChI is InChI=1S/C18H38O7/c1-4-6-10-24-17(13-22-9-7-8-19)14-23-15-18(12-21-5-2)25-11-16(3)20/h16-20H,4-15H2,1-3H3. The quantitative estimate of drug-likeness (QED) is 0.334. The number of rotatable bonds is 19. The number of ether oxygens (including phenoxy) is 5. The Labute approximate surface area is 152 Å². The number of hydrogen-bond acceptors (Lipinski definition) is 7. The summed E-state index contributed by atoms with van der Waals surface area (Å²) in [7, 11) is 0. The largest absolute Gasteiger partial charge is 0.396 e. The fraction of sp³-hybridized carbons (Fsp3) is 1.00. The van der Waals surface area contributed by atoms with E-state index < -0.39 is 6.10 Å². The molecule has 0 aromatic carbocycles. The molecule has 7 heteroatoms. The highest BCUT2D eigenvalue weighted by atomic mass is 16.6. The molecule has 3 unspecified atom stereocenters. The number of aliphatic hydroxyl groups is 2. The summed E-state index contributed by atoms with van der Waals surface area (Å²) < 4.78 is 28.0. The molecule has 0 saturated heterocycles. The Kier molecular flexibility index (Phi) is 18.3. The van der Waals surface area contributed by atoms with E-state index in [0.717, 1.165) is 12.8 Å². The van der Waals surface area contributed by atoms with Crippen molar-refractivity contribution >= 4 is 0 Å². The molecule has 0 saturated carbocycles. The molecule has 0 aliphatic heterocycles. The molecule has 0 bridgehead atoms. The summed E-state index contributed by atoms with van der Waals surface area (Å²) in [4.78, 5) is 0. The lowest BCUT2D eigenvalue weighted by Crippen LogP contribution is -2.32. The summed E-state index contributed by atoms with van der Waals surface area (Å²) in [6, 6.07) is 0. The third-order valence-corrected chi connectivity index (χ3v) is 3.29. The van der Waals surface area contributed by atoms with E-state index in [9.17, 15) is 5.11 Å². The van der Waals surface area contributed by atoms with E-state index in [2.05, 4.69) is 6.92 Å². The van der Waals surface area contributed by atoms with Crippen molar-refractivity contribution in [1.82, 2.24) is 0 Å². The molecule has 0 rings (SSSR count). The van der Waals surface area contributed by atoms with Crippen LogP contribution in [0.2, 0.25) is 0 Å². The van der Waals surface area contributed by atoms with Crippen molar-refractivity contribution in [3.8, 4) is 0 Å². The molecule has 0 aliphatic rings. The minimum Gasteiger partial charge on any atom is -0.396 e. The zero-order valence-corrected chi connectivity index (χ0v) is 16.2. The number of unbranched alkanes of at least 4 members (excludes halogenated alkanes) is 1. The molecule has 0 aromatic heterocycles. The molecule has 0 spiro atoms. The van der Waals surface area contributed by atoms with Crippen molar-refractivity contribution in [1.29, 1.82) is 0 Å². The average Bonchev–Trinajstić information content (AvgIpc) is 2.60. The average molecular weight is 366 g/mol. The van der Waals surface area contributed by atoms with Gasteiger partial charge in [0.05, 0.1) is 39.1 Å². The third-order valence-electron chi connectivity index (χ3n) is 3.29. The van der Waals surface area contributed by atoms with E-state index in [1.165, 1.54) is 0 Å². The lowest BCUT2D eigenvalue weighted by atomic mass is 10.3. The van der Waals surface area contributed by atoms with Gasteiger partial charge in [-0.2, -0.15) is 0 Å². The van der Waals surface area contributed by atoms with Crippen LogP contribution in [0.1, 0.15) is 40.0 Å². The normalized spacial score (nSPS) is 15.2. The second-order valence-corrected chi connectivity index (χ2v) is 6.00. The molecule has 25 heavy (non-hydrogen) atoms. The third kappa shape index (κ3) is 16.9. The number of aliphatic hydroxyl groups excluding tert-OH is 2. The van der Waals surface area contributed by atoms with Gasteiger partial charge in [0, 0.05) is 26.4 Å². The molecule has 0 heterocycles. The fourth-order valence-corrected chi connectivity index (χ4v) is 1.92. The molecule has 152 valence electrons. The van der Waals surface area contributed by atoms with Gasteiger partial charge >= 0.3 is 0 Å². The fourth-order valence-electron chi connectivity index (χ4n) is 1.92. The Hall–Kier alpha value is -0.280. The maximum absolute atomic E-state index is 9.34. The van der Waals surface area contributed by atoms with Gasteiger partial charge in [-0.3, -0.25) is 0 Å². The summed E-state index contributed by atoms with van der Waals surface area (Å²) in [5.74, 6) is 0. The highest BCUT2D eigenvalue weighted by Crippen LogP contribution is 2.02. The Morgan fingerprint density at radius 3 is 2.00 bits per heavy atom. The van der Waals surface area contributed by atoms with Gasteiger partial charge in [-0.25, -0.2) is 0 Å². The first-order valence-corrected chi connectivity index (χ1v) is 9.39. The molecule has 0 aromatic rings. The van der Waals surface area contributed by atoms with Gasteiger partial charge in [0.2, 0.25) is 0 Å². The first kappa shape index (κ1) is 24.7. The van der Waals surface area contributed by atoms with Crippen molar-refractivity contribution < 1.29 is 33.9 Å². The summed E-state index contributed by atoms with van der Waals surface area (Å²) in [5, 5.41) is 18.1. The van der Waals surface area contributed by atoms with Crippen molar-refractivity contribution in [2.75, 3.05) is 59.5 Å². The predicted molar refractivity (Wildman–Crippen MR) is 95.9 cm³/mol. The van der Waals surface area contributed by atoms with Gasteiger partial charge in [0.25, 0.3) is 0 Å². The van der Waals surface area contributed by atoms with Gasteiger partial charge in [0.1, 0.15) is 12.2 Å². The lowest BCUT2D eigenvalue weighted by molar-refractivity contribution is -0.103. The van der Waals surface area contributed by atoms with E-state index in [1.807, 2.05) is 6.92 Å². The highest BCUT2D eigenvalue weighted by Gasteiger charge is 2.15. The monoisotopic (exact) mass is 366 g/mol. The lowest BCUT2D eigenvalue weighted by Gasteiger charge is -2.22. The molecular weight excluding hydrogens is 328 g/mol. The topological polar surface area (TPSA) is 86.6 Å². The second kappa shape index (κ2) is 18.5. The summed E-state index contributed by atoms with van der Waals surface area (Å²) in [6.07, 6.45) is 1.80. The second-order valence-electron chi connectivity index (χ2n) is 6.00. The van der Waals surface area contributed by atoms with Gasteiger partial charge in [-0.15, -0.1) is 0 Å². The summed E-state index contributed by atoms with van der Waals surface area (Å²) >= 11 is 0. The van der Waals surface area contributed by atoms with Gasteiger partial charge in [-0.1, -0.05) is 13.3 Å². The first-order chi connectivity index (χ1) is 12.1. The smallest absolute Gasteiger partial charge is 0.104 e. The van der Waals surface area contributed by atoms with Crippen LogP contribution in [0.5, 0.6) is 0 Å². The zero-order chi connectivity index (χ0) is 18.8. The SMILES string of the molecule is CCCCOC(COCCCO)COCC(COCC)OCC(C)O. The van der Waals surface area contributed by atoms with E-state index in [4.69, 9.17) is 28.8 Å². The van der Waals surface area contributed by atoms with E-state index in [1.54, 1.807) is 6.92 Å². The van der Waals surface area contributed by atoms with Crippen LogP contribution in [-0.4, -0.2) is 88.0 Å². The predicted octanol–water partition coefficient (Wildman–Crippen LogP) is 1.39. The molecule has 0 aliphatic carbocycles. The minimum absolute atomic E-state index is 0.123. The van der Waals surface area contributed by atoms with Gasteiger partial charge in [-0.05, 0) is 26.7 Å². The van der Waals surface area contributed by atoms with Crippen molar-refractivity contribution in [2.45, 2.75) is 58.3 Å². The van der Waals surface area contributed by atoms with Crippen molar-refractivity contribution in [2.24, 2.45) is 0 Å². The molecular formula is C18H38O7. The molecule has 2 N–H and O–H groups in total. The van der Waals surface area contributed by atoms with Gasteiger partial charge < -0.3 is 33.9 Å². The Bertz CT molecular complexity index is 264. The van der Waals surface area contributed by atoms with Crippen LogP contribution in [0.15, 0.2) is 0 Å². The number of hydrogen-bond donors (Lipinski definition) is 2. The highest BCUT2D eigenvalue weighted by molar-refractivity contribution is 4.61. The van der Waals surface area contributed by atoms with E-state index >= 15 is 0 Å².